The third kappa shape index (κ3) is 5.89. The van der Waals surface area contributed by atoms with Gasteiger partial charge in [-0.2, -0.15) is 0 Å². The highest BCUT2D eigenvalue weighted by atomic mass is 35.5. The standard InChI is InChI=1S/C23H29ClN4O3/c1-4-27-11-13-28(14-12-27)20-10-9-17(23(30)26(2)3)15-19(20)25-22(29)16-31-21-8-6-5-7-18(21)24/h5-10,15H,4,11-14,16H2,1-3H3,(H,25,29). The largest absolute Gasteiger partial charge is 0.482 e. The molecule has 1 fully saturated rings. The number of ether oxygens (including phenoxy) is 1. The Morgan fingerprint density at radius 1 is 1.10 bits per heavy atom. The molecule has 1 heterocycles. The number of para-hydroxylation sites is 1. The van der Waals surface area contributed by atoms with Crippen molar-refractivity contribution in [3.05, 3.63) is 53.1 Å². The summed E-state index contributed by atoms with van der Waals surface area (Å²) < 4.78 is 5.56. The molecule has 2 aromatic rings. The molecule has 0 unspecified atom stereocenters. The molecule has 1 aliphatic heterocycles. The van der Waals surface area contributed by atoms with Gasteiger partial charge < -0.3 is 24.8 Å². The molecule has 3 rings (SSSR count). The average Bonchev–Trinajstić information content (AvgIpc) is 2.78. The maximum absolute atomic E-state index is 12.6. The van der Waals surface area contributed by atoms with E-state index < -0.39 is 0 Å². The zero-order chi connectivity index (χ0) is 22.4. The van der Waals surface area contributed by atoms with Gasteiger partial charge in [0.15, 0.2) is 6.61 Å². The Morgan fingerprint density at radius 3 is 2.45 bits per heavy atom. The Labute approximate surface area is 188 Å². The van der Waals surface area contributed by atoms with Crippen LogP contribution in [0.4, 0.5) is 11.4 Å². The number of hydrogen-bond acceptors (Lipinski definition) is 5. The first-order valence-electron chi connectivity index (χ1n) is 10.4. The van der Waals surface area contributed by atoms with E-state index in [1.165, 1.54) is 4.90 Å². The van der Waals surface area contributed by atoms with Crippen molar-refractivity contribution in [1.82, 2.24) is 9.80 Å². The van der Waals surface area contributed by atoms with Gasteiger partial charge in [-0.05, 0) is 36.9 Å². The molecular weight excluding hydrogens is 416 g/mol. The van der Waals surface area contributed by atoms with E-state index in [1.54, 1.807) is 50.5 Å². The molecule has 8 heteroatoms. The van der Waals surface area contributed by atoms with Gasteiger partial charge in [0.2, 0.25) is 0 Å². The van der Waals surface area contributed by atoms with Crippen molar-refractivity contribution in [2.75, 3.05) is 63.6 Å². The summed E-state index contributed by atoms with van der Waals surface area (Å²) in [7, 11) is 3.41. The third-order valence-corrected chi connectivity index (χ3v) is 5.59. The molecule has 0 saturated carbocycles. The second kappa shape index (κ2) is 10.5. The van der Waals surface area contributed by atoms with Crippen molar-refractivity contribution < 1.29 is 14.3 Å². The summed E-state index contributed by atoms with van der Waals surface area (Å²) in [5, 5.41) is 3.37. The van der Waals surface area contributed by atoms with E-state index >= 15 is 0 Å². The summed E-state index contributed by atoms with van der Waals surface area (Å²) in [6.45, 7) is 6.62. The van der Waals surface area contributed by atoms with Crippen LogP contribution in [0, 0.1) is 0 Å². The summed E-state index contributed by atoms with van der Waals surface area (Å²) in [5.74, 6) is 0.0137. The first kappa shape index (κ1) is 22.9. The second-order valence-electron chi connectivity index (χ2n) is 7.62. The quantitative estimate of drug-likeness (QED) is 0.710. The van der Waals surface area contributed by atoms with E-state index in [0.29, 0.717) is 22.0 Å². The normalized spacial score (nSPS) is 14.3. The van der Waals surface area contributed by atoms with Gasteiger partial charge >= 0.3 is 0 Å². The second-order valence-corrected chi connectivity index (χ2v) is 8.03. The Bertz CT molecular complexity index is 927. The molecule has 0 spiro atoms. The van der Waals surface area contributed by atoms with Crippen LogP contribution in [0.3, 0.4) is 0 Å². The molecular formula is C23H29ClN4O3. The maximum atomic E-state index is 12.6. The summed E-state index contributed by atoms with van der Waals surface area (Å²) in [6.07, 6.45) is 0. The molecule has 0 atom stereocenters. The summed E-state index contributed by atoms with van der Waals surface area (Å²) >= 11 is 6.09. The maximum Gasteiger partial charge on any atom is 0.262 e. The summed E-state index contributed by atoms with van der Waals surface area (Å²) in [6, 6.07) is 12.5. The van der Waals surface area contributed by atoms with E-state index in [4.69, 9.17) is 16.3 Å². The Balaban J connectivity index is 1.78. The highest BCUT2D eigenvalue weighted by Gasteiger charge is 2.21. The number of hydrogen-bond donors (Lipinski definition) is 1. The van der Waals surface area contributed by atoms with E-state index in [1.807, 2.05) is 6.07 Å². The number of amides is 2. The minimum Gasteiger partial charge on any atom is -0.482 e. The van der Waals surface area contributed by atoms with Crippen LogP contribution >= 0.6 is 11.6 Å². The minimum atomic E-state index is -0.317. The van der Waals surface area contributed by atoms with E-state index in [9.17, 15) is 9.59 Å². The van der Waals surface area contributed by atoms with Crippen molar-refractivity contribution in [3.63, 3.8) is 0 Å². The number of rotatable bonds is 7. The molecule has 1 aliphatic rings. The van der Waals surface area contributed by atoms with Gasteiger partial charge in [0, 0.05) is 45.8 Å². The summed E-state index contributed by atoms with van der Waals surface area (Å²) in [5.41, 5.74) is 2.02. The number of piperazine rings is 1. The molecule has 2 aromatic carbocycles. The van der Waals surface area contributed by atoms with Crippen LogP contribution in [0.15, 0.2) is 42.5 Å². The topological polar surface area (TPSA) is 65.1 Å². The number of carbonyl (C=O) groups excluding carboxylic acids is 2. The van der Waals surface area contributed by atoms with Crippen molar-refractivity contribution in [2.24, 2.45) is 0 Å². The number of carbonyl (C=O) groups is 2. The molecule has 31 heavy (non-hydrogen) atoms. The number of halogens is 1. The van der Waals surface area contributed by atoms with Crippen LogP contribution in [-0.2, 0) is 4.79 Å². The highest BCUT2D eigenvalue weighted by Crippen LogP contribution is 2.29. The average molecular weight is 445 g/mol. The van der Waals surface area contributed by atoms with Crippen molar-refractivity contribution >= 4 is 34.8 Å². The van der Waals surface area contributed by atoms with Gasteiger partial charge in [0.1, 0.15) is 5.75 Å². The molecule has 0 aliphatic carbocycles. The Kier molecular flexibility index (Phi) is 7.76. The lowest BCUT2D eigenvalue weighted by Crippen LogP contribution is -2.46. The van der Waals surface area contributed by atoms with Gasteiger partial charge in [0.05, 0.1) is 16.4 Å². The van der Waals surface area contributed by atoms with E-state index in [2.05, 4.69) is 22.0 Å². The SMILES string of the molecule is CCN1CCN(c2ccc(C(=O)N(C)C)cc2NC(=O)COc2ccccc2Cl)CC1. The van der Waals surface area contributed by atoms with Crippen LogP contribution in [0.25, 0.3) is 0 Å². The number of nitrogens with zero attached hydrogens (tertiary/aromatic N) is 3. The lowest BCUT2D eigenvalue weighted by molar-refractivity contribution is -0.118. The fourth-order valence-corrected chi connectivity index (χ4v) is 3.69. The number of benzene rings is 2. The zero-order valence-electron chi connectivity index (χ0n) is 18.2. The smallest absolute Gasteiger partial charge is 0.262 e. The first-order chi connectivity index (χ1) is 14.9. The fraction of sp³-hybridized carbons (Fsp3) is 0.391. The first-order valence-corrected chi connectivity index (χ1v) is 10.8. The van der Waals surface area contributed by atoms with Crippen LogP contribution in [-0.4, -0.2) is 75.0 Å². The summed E-state index contributed by atoms with van der Waals surface area (Å²) in [4.78, 5) is 31.2. The molecule has 166 valence electrons. The molecule has 1 N–H and O–H groups in total. The number of likely N-dealkylation sites (N-methyl/N-ethyl adjacent to an activating group) is 1. The van der Waals surface area contributed by atoms with Crippen molar-refractivity contribution in [2.45, 2.75) is 6.92 Å². The third-order valence-electron chi connectivity index (χ3n) is 5.28. The monoisotopic (exact) mass is 444 g/mol. The molecule has 0 bridgehead atoms. The van der Waals surface area contributed by atoms with E-state index in [-0.39, 0.29) is 18.4 Å². The van der Waals surface area contributed by atoms with Crippen LogP contribution < -0.4 is 15.0 Å². The van der Waals surface area contributed by atoms with Gasteiger partial charge in [-0.3, -0.25) is 9.59 Å². The van der Waals surface area contributed by atoms with Gasteiger partial charge in [0.25, 0.3) is 11.8 Å². The molecule has 1 saturated heterocycles. The molecule has 2 amide bonds. The van der Waals surface area contributed by atoms with Crippen LogP contribution in [0.1, 0.15) is 17.3 Å². The lowest BCUT2D eigenvalue weighted by atomic mass is 10.1. The van der Waals surface area contributed by atoms with Crippen LogP contribution in [0.2, 0.25) is 5.02 Å². The van der Waals surface area contributed by atoms with Gasteiger partial charge in [-0.1, -0.05) is 30.7 Å². The van der Waals surface area contributed by atoms with Crippen molar-refractivity contribution in [3.8, 4) is 5.75 Å². The van der Waals surface area contributed by atoms with Crippen molar-refractivity contribution in [1.29, 1.82) is 0 Å². The van der Waals surface area contributed by atoms with Crippen LogP contribution in [0.5, 0.6) is 5.75 Å². The Hall–Kier alpha value is -2.77. The lowest BCUT2D eigenvalue weighted by Gasteiger charge is -2.36. The van der Waals surface area contributed by atoms with E-state index in [0.717, 1.165) is 38.4 Å². The molecule has 0 aromatic heterocycles. The number of anilines is 2. The predicted octanol–water partition coefficient (Wildman–Crippen LogP) is 3.20. The number of nitrogens with one attached hydrogen (secondary N) is 1. The Morgan fingerprint density at radius 2 is 1.81 bits per heavy atom. The minimum absolute atomic E-state index is 0.120. The highest BCUT2D eigenvalue weighted by molar-refractivity contribution is 6.32. The zero-order valence-corrected chi connectivity index (χ0v) is 19.0. The van der Waals surface area contributed by atoms with Gasteiger partial charge in [-0.15, -0.1) is 0 Å². The fourth-order valence-electron chi connectivity index (χ4n) is 3.50. The molecule has 7 nitrogen and oxygen atoms in total. The molecule has 0 radical (unpaired) electrons. The predicted molar refractivity (Wildman–Crippen MR) is 124 cm³/mol. The van der Waals surface area contributed by atoms with Gasteiger partial charge in [-0.25, -0.2) is 0 Å².